The third-order valence-corrected chi connectivity index (χ3v) is 7.62. The molecule has 0 aliphatic carbocycles. The van der Waals surface area contributed by atoms with Crippen LogP contribution in [-0.2, 0) is 20.6 Å². The largest absolute Gasteiger partial charge is 0.493 e. The van der Waals surface area contributed by atoms with Crippen molar-refractivity contribution in [2.24, 2.45) is 5.92 Å². The van der Waals surface area contributed by atoms with Gasteiger partial charge in [0.2, 0.25) is 0 Å². The highest BCUT2D eigenvalue weighted by molar-refractivity contribution is 6.30. The molecule has 0 spiro atoms. The number of nitrogens with one attached hydrogen (secondary N) is 3. The number of methoxy groups -OCH3 is 1. The average molecular weight is 574 g/mol. The summed E-state index contributed by atoms with van der Waals surface area (Å²) in [5.41, 5.74) is 3.10. The van der Waals surface area contributed by atoms with E-state index in [1.807, 2.05) is 37.4 Å². The first-order valence-corrected chi connectivity index (χ1v) is 14.4. The molecule has 2 heterocycles. The lowest BCUT2D eigenvalue weighted by Gasteiger charge is -2.27. The van der Waals surface area contributed by atoms with Crippen LogP contribution in [0.4, 0.5) is 4.79 Å². The van der Waals surface area contributed by atoms with Gasteiger partial charge in [-0.2, -0.15) is 0 Å². The molecule has 0 aromatic heterocycles. The number of amides is 2. The van der Waals surface area contributed by atoms with E-state index in [4.69, 9.17) is 25.8 Å². The van der Waals surface area contributed by atoms with Gasteiger partial charge in [-0.25, -0.2) is 4.79 Å². The summed E-state index contributed by atoms with van der Waals surface area (Å²) in [4.78, 5) is 25.1. The summed E-state index contributed by atoms with van der Waals surface area (Å²) in [5.74, 6) is 1.06. The minimum absolute atomic E-state index is 0.138. The van der Waals surface area contributed by atoms with Crippen molar-refractivity contribution in [2.75, 3.05) is 53.7 Å². The van der Waals surface area contributed by atoms with Crippen molar-refractivity contribution in [3.63, 3.8) is 0 Å². The molecule has 9 nitrogen and oxygen atoms in total. The zero-order chi connectivity index (χ0) is 28.3. The predicted octanol–water partition coefficient (Wildman–Crippen LogP) is 4.26. The molecule has 2 aromatic carbocycles. The van der Waals surface area contributed by atoms with Crippen LogP contribution in [0.15, 0.2) is 36.4 Å². The normalized spacial score (nSPS) is 18.1. The van der Waals surface area contributed by atoms with Crippen LogP contribution >= 0.6 is 11.6 Å². The molecule has 10 heteroatoms. The van der Waals surface area contributed by atoms with Crippen LogP contribution in [0.2, 0.25) is 5.02 Å². The Balaban J connectivity index is 1.55. The Labute approximate surface area is 241 Å². The van der Waals surface area contributed by atoms with Gasteiger partial charge in [0.05, 0.1) is 20.3 Å². The van der Waals surface area contributed by atoms with Crippen LogP contribution in [-0.4, -0.2) is 71.7 Å². The SMILES string of the molecule is CN[C@H](CNC(=O)c1cc(C(OCCNC(=O)OC)c2cccc(Cl)c2)cc2c1CCCO2)C[C@H]1CCCOC1. The summed E-state index contributed by atoms with van der Waals surface area (Å²) in [6.07, 6.45) is 3.74. The number of ether oxygens (including phenoxy) is 4. The number of halogens is 1. The number of likely N-dealkylation sites (N-methyl/N-ethyl adjacent to an activating group) is 1. The quantitative estimate of drug-likeness (QED) is 0.326. The Morgan fingerprint density at radius 1 is 1.12 bits per heavy atom. The van der Waals surface area contributed by atoms with Crippen molar-refractivity contribution in [3.05, 3.63) is 63.7 Å². The maximum atomic E-state index is 13.6. The molecule has 2 aliphatic heterocycles. The summed E-state index contributed by atoms with van der Waals surface area (Å²) >= 11 is 6.32. The third kappa shape index (κ3) is 8.33. The second kappa shape index (κ2) is 15.2. The average Bonchev–Trinajstić information content (AvgIpc) is 2.98. The molecule has 0 bridgehead atoms. The summed E-state index contributed by atoms with van der Waals surface area (Å²) < 4.78 is 22.6. The fourth-order valence-electron chi connectivity index (χ4n) is 5.31. The predicted molar refractivity (Wildman–Crippen MR) is 153 cm³/mol. The van der Waals surface area contributed by atoms with Gasteiger partial charge in [0.15, 0.2) is 0 Å². The van der Waals surface area contributed by atoms with Crippen LogP contribution in [0.3, 0.4) is 0 Å². The van der Waals surface area contributed by atoms with Gasteiger partial charge >= 0.3 is 6.09 Å². The van der Waals surface area contributed by atoms with Gasteiger partial charge in [-0.3, -0.25) is 4.79 Å². The number of rotatable bonds is 12. The lowest BCUT2D eigenvalue weighted by molar-refractivity contribution is 0.0478. The minimum atomic E-state index is -0.531. The summed E-state index contributed by atoms with van der Waals surface area (Å²) in [7, 11) is 3.24. The molecule has 0 radical (unpaired) electrons. The molecule has 2 aromatic rings. The molecule has 2 amide bonds. The van der Waals surface area contributed by atoms with E-state index in [0.29, 0.717) is 35.4 Å². The first-order valence-electron chi connectivity index (χ1n) is 14.0. The van der Waals surface area contributed by atoms with Crippen molar-refractivity contribution in [3.8, 4) is 5.75 Å². The van der Waals surface area contributed by atoms with Crippen LogP contribution in [0, 0.1) is 5.92 Å². The van der Waals surface area contributed by atoms with Crippen molar-refractivity contribution < 1.29 is 28.5 Å². The summed E-state index contributed by atoms with van der Waals surface area (Å²) in [6, 6.07) is 11.4. The van der Waals surface area contributed by atoms with E-state index < -0.39 is 12.2 Å². The molecule has 4 rings (SSSR count). The maximum absolute atomic E-state index is 13.6. The first-order chi connectivity index (χ1) is 19.5. The molecular formula is C30H40ClN3O6. The third-order valence-electron chi connectivity index (χ3n) is 7.39. The van der Waals surface area contributed by atoms with Gasteiger partial charge in [0, 0.05) is 48.5 Å². The van der Waals surface area contributed by atoms with Gasteiger partial charge in [0.1, 0.15) is 11.9 Å². The molecule has 218 valence electrons. The van der Waals surface area contributed by atoms with Crippen LogP contribution < -0.4 is 20.7 Å². The number of hydrogen-bond donors (Lipinski definition) is 3. The van der Waals surface area contributed by atoms with Crippen molar-refractivity contribution in [1.29, 1.82) is 0 Å². The fourth-order valence-corrected chi connectivity index (χ4v) is 5.50. The number of alkyl carbamates (subject to hydrolysis) is 1. The van der Waals surface area contributed by atoms with E-state index in [0.717, 1.165) is 62.0 Å². The number of carbonyl (C=O) groups is 2. The second-order valence-electron chi connectivity index (χ2n) is 10.2. The molecule has 3 N–H and O–H groups in total. The molecule has 1 saturated heterocycles. The Bertz CT molecular complexity index is 1140. The van der Waals surface area contributed by atoms with E-state index in [-0.39, 0.29) is 25.1 Å². The molecular weight excluding hydrogens is 534 g/mol. The molecule has 0 saturated carbocycles. The summed E-state index contributed by atoms with van der Waals surface area (Å²) in [5, 5.41) is 9.71. The molecule has 2 aliphatic rings. The number of fused-ring (bicyclic) bond motifs is 1. The van der Waals surface area contributed by atoms with Crippen LogP contribution in [0.1, 0.15) is 58.8 Å². The number of hydrogen-bond acceptors (Lipinski definition) is 7. The van der Waals surface area contributed by atoms with E-state index in [2.05, 4.69) is 20.7 Å². The monoisotopic (exact) mass is 573 g/mol. The number of benzene rings is 2. The molecule has 1 fully saturated rings. The Morgan fingerprint density at radius 2 is 2.00 bits per heavy atom. The minimum Gasteiger partial charge on any atom is -0.493 e. The zero-order valence-electron chi connectivity index (χ0n) is 23.3. The summed E-state index contributed by atoms with van der Waals surface area (Å²) in [6.45, 7) is 3.20. The van der Waals surface area contributed by atoms with E-state index in [1.165, 1.54) is 7.11 Å². The van der Waals surface area contributed by atoms with E-state index in [1.54, 1.807) is 6.07 Å². The maximum Gasteiger partial charge on any atom is 0.406 e. The fraction of sp³-hybridized carbons (Fsp3) is 0.533. The second-order valence-corrected chi connectivity index (χ2v) is 10.7. The van der Waals surface area contributed by atoms with Gasteiger partial charge in [-0.1, -0.05) is 23.7 Å². The topological polar surface area (TPSA) is 107 Å². The van der Waals surface area contributed by atoms with E-state index in [9.17, 15) is 9.59 Å². The Hall–Kier alpha value is -2.85. The Morgan fingerprint density at radius 3 is 2.75 bits per heavy atom. The Kier molecular flexibility index (Phi) is 11.5. The molecule has 40 heavy (non-hydrogen) atoms. The zero-order valence-corrected chi connectivity index (χ0v) is 24.1. The van der Waals surface area contributed by atoms with Crippen LogP contribution in [0.25, 0.3) is 0 Å². The van der Waals surface area contributed by atoms with Gasteiger partial charge in [-0.05, 0) is 80.5 Å². The molecule has 3 atom stereocenters. The first kappa shape index (κ1) is 30.1. The highest BCUT2D eigenvalue weighted by Gasteiger charge is 2.26. The van der Waals surface area contributed by atoms with Crippen molar-refractivity contribution in [2.45, 2.75) is 44.2 Å². The van der Waals surface area contributed by atoms with Gasteiger partial charge in [0.25, 0.3) is 5.91 Å². The highest BCUT2D eigenvalue weighted by atomic mass is 35.5. The smallest absolute Gasteiger partial charge is 0.406 e. The lowest BCUT2D eigenvalue weighted by atomic mass is 9.92. The van der Waals surface area contributed by atoms with Crippen molar-refractivity contribution in [1.82, 2.24) is 16.0 Å². The van der Waals surface area contributed by atoms with Gasteiger partial charge < -0.3 is 34.9 Å². The number of carbonyl (C=O) groups excluding carboxylic acids is 2. The van der Waals surface area contributed by atoms with E-state index >= 15 is 0 Å². The van der Waals surface area contributed by atoms with Crippen molar-refractivity contribution >= 4 is 23.6 Å². The highest BCUT2D eigenvalue weighted by Crippen LogP contribution is 2.36. The lowest BCUT2D eigenvalue weighted by Crippen LogP contribution is -2.41. The van der Waals surface area contributed by atoms with Crippen LogP contribution in [0.5, 0.6) is 5.75 Å². The standard InChI is InChI=1S/C30H40ClN3O6/c1-32-24(14-20-6-4-11-38-19-20)18-34-29(35)26-16-22(17-27-25(26)9-5-12-39-27)28(21-7-3-8-23(31)15-21)40-13-10-33-30(36)37-2/h3,7-8,15-17,20,24,28,32H,4-6,9-14,18-19H2,1-2H3,(H,33,36)(H,34,35)/t20-,24+,28?/m1/s1. The van der Waals surface area contributed by atoms with Gasteiger partial charge in [-0.15, -0.1) is 0 Å². The molecule has 1 unspecified atom stereocenters.